The smallest absolute Gasteiger partial charge is 0.247 e. The molecule has 0 aromatic heterocycles. The summed E-state index contributed by atoms with van der Waals surface area (Å²) in [5.74, 6) is 0.359. The molecule has 0 unspecified atom stereocenters. The molecule has 0 radical (unpaired) electrons. The lowest BCUT2D eigenvalue weighted by Crippen LogP contribution is -2.31. The van der Waals surface area contributed by atoms with Crippen LogP contribution in [0, 0.1) is 0 Å². The van der Waals surface area contributed by atoms with Gasteiger partial charge in [-0.1, -0.05) is 30.0 Å². The van der Waals surface area contributed by atoms with Crippen LogP contribution in [0.25, 0.3) is 0 Å². The number of anilines is 2. The fourth-order valence-electron chi connectivity index (χ4n) is 2.73. The Kier molecular flexibility index (Phi) is 6.13. The zero-order chi connectivity index (χ0) is 19.2. The highest BCUT2D eigenvalue weighted by atomic mass is 32.2. The number of aliphatic imine (C=N–C) groups is 1. The first-order valence-electron chi connectivity index (χ1n) is 8.66. The first-order valence-corrected chi connectivity index (χ1v) is 9.54. The lowest BCUT2D eigenvalue weighted by atomic mass is 10.3. The van der Waals surface area contributed by atoms with Gasteiger partial charge in [-0.3, -0.25) is 14.6 Å². The van der Waals surface area contributed by atoms with Gasteiger partial charge in [0.1, 0.15) is 11.0 Å². The molecule has 27 heavy (non-hydrogen) atoms. The van der Waals surface area contributed by atoms with E-state index in [9.17, 15) is 9.59 Å². The van der Waals surface area contributed by atoms with Crippen molar-refractivity contribution in [3.05, 3.63) is 54.6 Å². The van der Waals surface area contributed by atoms with Gasteiger partial charge in [0.25, 0.3) is 0 Å². The largest absolute Gasteiger partial charge is 0.497 e. The van der Waals surface area contributed by atoms with Crippen molar-refractivity contribution in [3.63, 3.8) is 0 Å². The lowest BCUT2D eigenvalue weighted by Gasteiger charge is -2.16. The number of amidine groups is 1. The average Bonchev–Trinajstić information content (AvgIpc) is 2.96. The van der Waals surface area contributed by atoms with E-state index in [0.717, 1.165) is 11.4 Å². The molecule has 3 rings (SSSR count). The molecule has 1 aliphatic heterocycles. The number of methoxy groups -OCH3 is 1. The molecule has 1 fully saturated rings. The van der Waals surface area contributed by atoms with Crippen molar-refractivity contribution in [2.75, 3.05) is 23.9 Å². The van der Waals surface area contributed by atoms with E-state index in [1.54, 1.807) is 19.2 Å². The van der Waals surface area contributed by atoms with Crippen LogP contribution in [0.2, 0.25) is 0 Å². The highest BCUT2D eigenvalue weighted by molar-refractivity contribution is 8.15. The highest BCUT2D eigenvalue weighted by Gasteiger charge is 2.40. The van der Waals surface area contributed by atoms with Crippen molar-refractivity contribution in [2.45, 2.75) is 18.6 Å². The molecule has 2 aromatic rings. The van der Waals surface area contributed by atoms with Gasteiger partial charge in [0.05, 0.1) is 12.8 Å². The van der Waals surface area contributed by atoms with Gasteiger partial charge in [-0.2, -0.15) is 0 Å². The van der Waals surface area contributed by atoms with Crippen LogP contribution >= 0.6 is 11.8 Å². The molecule has 1 heterocycles. The second kappa shape index (κ2) is 8.73. The Balaban J connectivity index is 1.72. The first-order chi connectivity index (χ1) is 13.1. The topological polar surface area (TPSA) is 71.0 Å². The molecule has 6 nitrogen and oxygen atoms in total. The third-order valence-corrected chi connectivity index (χ3v) is 5.12. The maximum atomic E-state index is 12.8. The van der Waals surface area contributed by atoms with E-state index < -0.39 is 5.25 Å². The van der Waals surface area contributed by atoms with Crippen molar-refractivity contribution in [1.29, 1.82) is 0 Å². The monoisotopic (exact) mass is 383 g/mol. The summed E-state index contributed by atoms with van der Waals surface area (Å²) < 4.78 is 5.16. The maximum Gasteiger partial charge on any atom is 0.247 e. The third kappa shape index (κ3) is 4.49. The number of amides is 2. The van der Waals surface area contributed by atoms with Crippen molar-refractivity contribution in [3.8, 4) is 5.75 Å². The van der Waals surface area contributed by atoms with Crippen LogP contribution in [-0.4, -0.2) is 35.9 Å². The quantitative estimate of drug-likeness (QED) is 0.486. The molecule has 0 bridgehead atoms. The zero-order valence-electron chi connectivity index (χ0n) is 15.2. The van der Waals surface area contributed by atoms with Gasteiger partial charge in [0.15, 0.2) is 5.17 Å². The maximum absolute atomic E-state index is 12.8. The molecular weight excluding hydrogens is 362 g/mol. The van der Waals surface area contributed by atoms with Crippen molar-refractivity contribution in [1.82, 2.24) is 0 Å². The average molecular weight is 383 g/mol. The molecule has 1 N–H and O–H groups in total. The van der Waals surface area contributed by atoms with Crippen LogP contribution in [-0.2, 0) is 9.59 Å². The van der Waals surface area contributed by atoms with E-state index >= 15 is 0 Å². The number of para-hydroxylation sites is 1. The van der Waals surface area contributed by atoms with Crippen molar-refractivity contribution < 1.29 is 14.3 Å². The van der Waals surface area contributed by atoms with Gasteiger partial charge < -0.3 is 10.1 Å². The molecule has 0 spiro atoms. The van der Waals surface area contributed by atoms with Gasteiger partial charge in [-0.15, -0.1) is 0 Å². The number of rotatable bonds is 5. The van der Waals surface area contributed by atoms with E-state index in [1.807, 2.05) is 49.4 Å². The Morgan fingerprint density at radius 3 is 2.52 bits per heavy atom. The molecule has 140 valence electrons. The number of nitrogens with one attached hydrogen (secondary N) is 1. The Morgan fingerprint density at radius 2 is 1.89 bits per heavy atom. The molecule has 0 saturated carbocycles. The summed E-state index contributed by atoms with van der Waals surface area (Å²) in [5, 5.41) is 3.35. The second-order valence-electron chi connectivity index (χ2n) is 5.85. The molecule has 0 aliphatic carbocycles. The molecule has 1 atom stereocenters. The van der Waals surface area contributed by atoms with E-state index in [4.69, 9.17) is 4.74 Å². The van der Waals surface area contributed by atoms with Crippen LogP contribution in [0.15, 0.2) is 59.6 Å². The van der Waals surface area contributed by atoms with E-state index in [0.29, 0.717) is 17.4 Å². The molecule has 7 heteroatoms. The standard InChI is InChI=1S/C20H21N3O3S/c1-3-21-20(22-14-9-11-16(26-2)12-10-14)27-17-13-18(24)23(19(17)25)15-7-5-4-6-8-15/h4-12,17H,3,13H2,1-2H3,(H,21,22)/t17-/m0/s1. The number of ether oxygens (including phenoxy) is 1. The summed E-state index contributed by atoms with van der Waals surface area (Å²) in [6, 6.07) is 16.4. The molecule has 2 amide bonds. The molecular formula is C20H21N3O3S. The Morgan fingerprint density at radius 1 is 1.19 bits per heavy atom. The number of carbonyl (C=O) groups excluding carboxylic acids is 2. The summed E-state index contributed by atoms with van der Waals surface area (Å²) in [5.41, 5.74) is 1.44. The number of hydrogen-bond donors (Lipinski definition) is 1. The van der Waals surface area contributed by atoms with Crippen LogP contribution in [0.3, 0.4) is 0 Å². The minimum absolute atomic E-state index is 0.158. The Labute approximate surface area is 162 Å². The second-order valence-corrected chi connectivity index (χ2v) is 7.04. The van der Waals surface area contributed by atoms with Gasteiger partial charge >= 0.3 is 0 Å². The third-order valence-electron chi connectivity index (χ3n) is 4.02. The number of thioether (sulfide) groups is 1. The van der Waals surface area contributed by atoms with Crippen LogP contribution in [0.1, 0.15) is 13.3 Å². The van der Waals surface area contributed by atoms with Gasteiger partial charge in [0, 0.05) is 18.7 Å². The van der Waals surface area contributed by atoms with E-state index in [1.165, 1.54) is 16.7 Å². The Bertz CT molecular complexity index is 837. The Hall–Kier alpha value is -2.80. The lowest BCUT2D eigenvalue weighted by molar-refractivity contribution is -0.121. The first kappa shape index (κ1) is 19.0. The highest BCUT2D eigenvalue weighted by Crippen LogP contribution is 2.30. The minimum Gasteiger partial charge on any atom is -0.497 e. The van der Waals surface area contributed by atoms with Crippen LogP contribution < -0.4 is 15.0 Å². The summed E-state index contributed by atoms with van der Waals surface area (Å²) in [6.45, 7) is 2.50. The summed E-state index contributed by atoms with van der Waals surface area (Å²) in [7, 11) is 1.61. The van der Waals surface area contributed by atoms with Crippen LogP contribution in [0.4, 0.5) is 11.4 Å². The summed E-state index contributed by atoms with van der Waals surface area (Å²) in [6.07, 6.45) is 0.158. The number of imide groups is 1. The SMILES string of the molecule is CCN=C(Nc1ccc(OC)cc1)S[C@H]1CC(=O)N(c2ccccc2)C1=O. The van der Waals surface area contributed by atoms with Gasteiger partial charge in [0.2, 0.25) is 11.8 Å². The number of hydrogen-bond acceptors (Lipinski definition) is 5. The predicted octanol–water partition coefficient (Wildman–Crippen LogP) is 3.55. The predicted molar refractivity (Wildman–Crippen MR) is 110 cm³/mol. The van der Waals surface area contributed by atoms with Crippen LogP contribution in [0.5, 0.6) is 5.75 Å². The molecule has 1 aliphatic rings. The summed E-state index contributed by atoms with van der Waals surface area (Å²) >= 11 is 1.29. The summed E-state index contributed by atoms with van der Waals surface area (Å²) in [4.78, 5) is 30.9. The van der Waals surface area contributed by atoms with Crippen molar-refractivity contribution >= 4 is 40.1 Å². The van der Waals surface area contributed by atoms with Gasteiger partial charge in [-0.05, 0) is 43.3 Å². The minimum atomic E-state index is -0.492. The fraction of sp³-hybridized carbons (Fsp3) is 0.250. The molecule has 1 saturated heterocycles. The normalized spacial score (nSPS) is 17.3. The van der Waals surface area contributed by atoms with Gasteiger partial charge in [-0.25, -0.2) is 4.90 Å². The molecule has 2 aromatic carbocycles. The number of nitrogens with zero attached hydrogens (tertiary/aromatic N) is 2. The number of benzene rings is 2. The fourth-order valence-corrected chi connectivity index (χ4v) is 3.81. The zero-order valence-corrected chi connectivity index (χ0v) is 16.0. The number of carbonyl (C=O) groups is 2. The van der Waals surface area contributed by atoms with E-state index in [-0.39, 0.29) is 18.2 Å². The van der Waals surface area contributed by atoms with E-state index in [2.05, 4.69) is 10.3 Å². The van der Waals surface area contributed by atoms with Crippen molar-refractivity contribution in [2.24, 2.45) is 4.99 Å².